The predicted molar refractivity (Wildman–Crippen MR) is 104 cm³/mol. The van der Waals surface area contributed by atoms with E-state index < -0.39 is 0 Å². The van der Waals surface area contributed by atoms with Crippen LogP contribution in [0.15, 0.2) is 30.5 Å². The van der Waals surface area contributed by atoms with Gasteiger partial charge in [0.1, 0.15) is 0 Å². The highest BCUT2D eigenvalue weighted by Gasteiger charge is 2.26. The number of halogens is 1. The molecule has 1 N–H and O–H groups in total. The van der Waals surface area contributed by atoms with Crippen LogP contribution in [0.3, 0.4) is 0 Å². The Morgan fingerprint density at radius 3 is 2.86 bits per heavy atom. The topological polar surface area (TPSA) is 89.4 Å². The van der Waals surface area contributed by atoms with Gasteiger partial charge in [-0.15, -0.1) is 5.10 Å². The third kappa shape index (κ3) is 5.30. The summed E-state index contributed by atoms with van der Waals surface area (Å²) in [6.07, 6.45) is 3.75. The number of likely N-dealkylation sites (tertiary alicyclic amines) is 1. The number of piperidine rings is 1. The molecule has 3 rings (SSSR count). The second kappa shape index (κ2) is 9.66. The van der Waals surface area contributed by atoms with E-state index in [0.29, 0.717) is 31.1 Å². The van der Waals surface area contributed by atoms with Crippen LogP contribution in [0.4, 0.5) is 0 Å². The molecule has 1 aliphatic heterocycles. The molecule has 1 atom stereocenters. The third-order valence-electron chi connectivity index (χ3n) is 4.73. The van der Waals surface area contributed by atoms with Gasteiger partial charge in [0.05, 0.1) is 25.3 Å². The largest absolute Gasteiger partial charge is 0.383 e. The molecule has 0 spiro atoms. The zero-order chi connectivity index (χ0) is 19.9. The Hall–Kier alpha value is -2.45. The summed E-state index contributed by atoms with van der Waals surface area (Å²) in [4.78, 5) is 26.6. The van der Waals surface area contributed by atoms with Gasteiger partial charge in [-0.05, 0) is 30.5 Å². The van der Waals surface area contributed by atoms with E-state index in [2.05, 4.69) is 15.6 Å². The summed E-state index contributed by atoms with van der Waals surface area (Å²) in [5.74, 6) is -0.209. The van der Waals surface area contributed by atoms with E-state index in [1.807, 2.05) is 17.0 Å². The molecule has 28 heavy (non-hydrogen) atoms. The smallest absolute Gasteiger partial charge is 0.273 e. The first-order valence-electron chi connectivity index (χ1n) is 9.28. The van der Waals surface area contributed by atoms with Crippen LogP contribution >= 0.6 is 11.6 Å². The summed E-state index contributed by atoms with van der Waals surface area (Å²) in [5.41, 5.74) is 1.20. The SMILES string of the molecule is COCCNC(=O)c1cn(C2CCCN(C(=O)Cc3ccc(Cl)cc3)C2)nn1. The van der Waals surface area contributed by atoms with Gasteiger partial charge >= 0.3 is 0 Å². The summed E-state index contributed by atoms with van der Waals surface area (Å²) >= 11 is 5.90. The summed E-state index contributed by atoms with van der Waals surface area (Å²) in [5, 5.41) is 11.4. The monoisotopic (exact) mass is 405 g/mol. The molecule has 1 aromatic carbocycles. The van der Waals surface area contributed by atoms with Crippen LogP contribution in [-0.2, 0) is 16.0 Å². The van der Waals surface area contributed by atoms with E-state index in [0.717, 1.165) is 24.9 Å². The van der Waals surface area contributed by atoms with Gasteiger partial charge in [0.25, 0.3) is 5.91 Å². The number of benzene rings is 1. The lowest BCUT2D eigenvalue weighted by atomic mass is 10.0. The van der Waals surface area contributed by atoms with E-state index in [1.165, 1.54) is 0 Å². The van der Waals surface area contributed by atoms with Gasteiger partial charge < -0.3 is 15.0 Å². The summed E-state index contributed by atoms with van der Waals surface area (Å²) in [6, 6.07) is 7.33. The molecule has 1 aliphatic rings. The quantitative estimate of drug-likeness (QED) is 0.708. The van der Waals surface area contributed by atoms with Crippen molar-refractivity contribution in [2.75, 3.05) is 33.4 Å². The first-order chi connectivity index (χ1) is 13.6. The van der Waals surface area contributed by atoms with Crippen LogP contribution in [0.1, 0.15) is 34.9 Å². The molecular formula is C19H24ClN5O3. The average molecular weight is 406 g/mol. The minimum Gasteiger partial charge on any atom is -0.383 e. The Kier molecular flexibility index (Phi) is 7.00. The maximum Gasteiger partial charge on any atom is 0.273 e. The van der Waals surface area contributed by atoms with Crippen molar-refractivity contribution in [3.8, 4) is 0 Å². The highest BCUT2D eigenvalue weighted by molar-refractivity contribution is 6.30. The highest BCUT2D eigenvalue weighted by atomic mass is 35.5. The van der Waals surface area contributed by atoms with Crippen LogP contribution in [0, 0.1) is 0 Å². The van der Waals surface area contributed by atoms with Gasteiger partial charge in [0.2, 0.25) is 5.91 Å². The van der Waals surface area contributed by atoms with E-state index in [-0.39, 0.29) is 23.6 Å². The molecule has 9 heteroatoms. The average Bonchev–Trinajstić information content (AvgIpc) is 3.20. The number of methoxy groups -OCH3 is 1. The zero-order valence-electron chi connectivity index (χ0n) is 15.8. The molecule has 0 aliphatic carbocycles. The number of nitrogens with zero attached hydrogens (tertiary/aromatic N) is 4. The fraction of sp³-hybridized carbons (Fsp3) is 0.474. The van der Waals surface area contributed by atoms with Gasteiger partial charge in [-0.2, -0.15) is 0 Å². The van der Waals surface area contributed by atoms with Crippen LogP contribution in [0.5, 0.6) is 0 Å². The van der Waals surface area contributed by atoms with Crippen LogP contribution in [0.2, 0.25) is 5.02 Å². The summed E-state index contributed by atoms with van der Waals surface area (Å²) < 4.78 is 6.60. The van der Waals surface area contributed by atoms with Crippen LogP contribution < -0.4 is 5.32 Å². The molecule has 0 radical (unpaired) electrons. The van der Waals surface area contributed by atoms with Gasteiger partial charge in [0.15, 0.2) is 5.69 Å². The molecule has 8 nitrogen and oxygen atoms in total. The number of ether oxygens (including phenoxy) is 1. The lowest BCUT2D eigenvalue weighted by Crippen LogP contribution is -2.41. The van der Waals surface area contributed by atoms with Crippen molar-refractivity contribution in [2.24, 2.45) is 0 Å². The molecule has 0 saturated carbocycles. The number of amides is 2. The number of aromatic nitrogens is 3. The molecule has 0 bridgehead atoms. The molecular weight excluding hydrogens is 382 g/mol. The maximum absolute atomic E-state index is 12.7. The second-order valence-electron chi connectivity index (χ2n) is 6.77. The number of hydrogen-bond acceptors (Lipinski definition) is 5. The van der Waals surface area contributed by atoms with Crippen molar-refractivity contribution in [3.05, 3.63) is 46.7 Å². The molecule has 2 aromatic rings. The first kappa shape index (κ1) is 20.3. The van der Waals surface area contributed by atoms with E-state index in [9.17, 15) is 9.59 Å². The highest BCUT2D eigenvalue weighted by Crippen LogP contribution is 2.22. The van der Waals surface area contributed by atoms with Gasteiger partial charge in [-0.25, -0.2) is 4.68 Å². The van der Waals surface area contributed by atoms with Gasteiger partial charge in [0, 0.05) is 31.8 Å². The van der Waals surface area contributed by atoms with E-state index in [1.54, 1.807) is 30.1 Å². The molecule has 1 saturated heterocycles. The minimum absolute atomic E-state index is 0.0101. The Balaban J connectivity index is 1.58. The summed E-state index contributed by atoms with van der Waals surface area (Å²) in [6.45, 7) is 2.13. The van der Waals surface area contributed by atoms with Crippen LogP contribution in [0.25, 0.3) is 0 Å². The van der Waals surface area contributed by atoms with Crippen molar-refractivity contribution in [2.45, 2.75) is 25.3 Å². The van der Waals surface area contributed by atoms with Crippen molar-refractivity contribution in [1.82, 2.24) is 25.2 Å². The number of carbonyl (C=O) groups excluding carboxylic acids is 2. The second-order valence-corrected chi connectivity index (χ2v) is 7.21. The van der Waals surface area contributed by atoms with E-state index in [4.69, 9.17) is 16.3 Å². The Labute approximate surface area is 168 Å². The molecule has 1 fully saturated rings. The molecule has 1 aromatic heterocycles. The Morgan fingerprint density at radius 1 is 1.32 bits per heavy atom. The van der Waals surface area contributed by atoms with Crippen molar-refractivity contribution in [3.63, 3.8) is 0 Å². The first-order valence-corrected chi connectivity index (χ1v) is 9.66. The van der Waals surface area contributed by atoms with E-state index >= 15 is 0 Å². The van der Waals surface area contributed by atoms with Crippen molar-refractivity contribution >= 4 is 23.4 Å². The third-order valence-corrected chi connectivity index (χ3v) is 4.98. The number of rotatable bonds is 7. The standard InChI is InChI=1S/C19H24ClN5O3/c1-28-10-8-21-19(27)17-13-25(23-22-17)16-3-2-9-24(12-16)18(26)11-14-4-6-15(20)7-5-14/h4-7,13,16H,2-3,8-12H2,1H3,(H,21,27). The fourth-order valence-electron chi connectivity index (χ4n) is 3.20. The van der Waals surface area contributed by atoms with Crippen molar-refractivity contribution < 1.29 is 14.3 Å². The van der Waals surface area contributed by atoms with Gasteiger partial charge in [-0.3, -0.25) is 9.59 Å². The fourth-order valence-corrected chi connectivity index (χ4v) is 3.33. The predicted octanol–water partition coefficient (Wildman–Crippen LogP) is 1.71. The molecule has 1 unspecified atom stereocenters. The lowest BCUT2D eigenvalue weighted by Gasteiger charge is -2.32. The number of nitrogens with one attached hydrogen (secondary N) is 1. The lowest BCUT2D eigenvalue weighted by molar-refractivity contribution is -0.132. The van der Waals surface area contributed by atoms with Gasteiger partial charge in [-0.1, -0.05) is 28.9 Å². The maximum atomic E-state index is 12.7. The Bertz CT molecular complexity index is 808. The van der Waals surface area contributed by atoms with Crippen LogP contribution in [-0.4, -0.2) is 65.1 Å². The summed E-state index contributed by atoms with van der Waals surface area (Å²) in [7, 11) is 1.57. The normalized spacial score (nSPS) is 16.8. The molecule has 2 amide bonds. The zero-order valence-corrected chi connectivity index (χ0v) is 16.6. The number of hydrogen-bond donors (Lipinski definition) is 1. The minimum atomic E-state index is -0.283. The molecule has 150 valence electrons. The van der Waals surface area contributed by atoms with Crippen molar-refractivity contribution in [1.29, 1.82) is 0 Å². The molecule has 2 heterocycles. The number of carbonyl (C=O) groups is 2. The Morgan fingerprint density at radius 2 is 2.11 bits per heavy atom.